The zero-order valence-electron chi connectivity index (χ0n) is 13.7. The van der Waals surface area contributed by atoms with Crippen molar-refractivity contribution in [3.05, 3.63) is 59.9 Å². The second-order valence-corrected chi connectivity index (χ2v) is 6.02. The van der Waals surface area contributed by atoms with Gasteiger partial charge >= 0.3 is 0 Å². The lowest BCUT2D eigenvalue weighted by molar-refractivity contribution is -0.114. The number of nitrogens with one attached hydrogen (secondary N) is 1. The number of rotatable bonds is 3. The molecule has 1 aliphatic heterocycles. The molecule has 1 aromatic heterocycles. The van der Waals surface area contributed by atoms with Crippen molar-refractivity contribution >= 4 is 17.5 Å². The Labute approximate surface area is 141 Å². The highest BCUT2D eigenvalue weighted by Crippen LogP contribution is 2.32. The van der Waals surface area contributed by atoms with Gasteiger partial charge in [-0.2, -0.15) is 0 Å². The molecule has 124 valence electrons. The van der Waals surface area contributed by atoms with Gasteiger partial charge in [0.25, 0.3) is 5.91 Å². The second kappa shape index (κ2) is 7.25. The van der Waals surface area contributed by atoms with E-state index in [9.17, 15) is 9.59 Å². The molecule has 0 saturated carbocycles. The molecule has 5 heteroatoms. The lowest BCUT2D eigenvalue weighted by Crippen LogP contribution is -2.38. The average Bonchev–Trinajstić information content (AvgIpc) is 2.62. The summed E-state index contributed by atoms with van der Waals surface area (Å²) in [5.74, 6) is -0.231. The van der Waals surface area contributed by atoms with E-state index in [-0.39, 0.29) is 17.9 Å². The molecule has 1 saturated heterocycles. The van der Waals surface area contributed by atoms with Crippen LogP contribution in [0.25, 0.3) is 0 Å². The Morgan fingerprint density at radius 2 is 2.00 bits per heavy atom. The van der Waals surface area contributed by atoms with E-state index in [0.717, 1.165) is 24.8 Å². The monoisotopic (exact) mass is 323 g/mol. The first-order valence-electron chi connectivity index (χ1n) is 8.24. The van der Waals surface area contributed by atoms with E-state index >= 15 is 0 Å². The smallest absolute Gasteiger partial charge is 0.256 e. The van der Waals surface area contributed by atoms with Crippen LogP contribution in [-0.4, -0.2) is 28.2 Å². The number of nitrogens with zero attached hydrogens (tertiary/aromatic N) is 2. The zero-order valence-corrected chi connectivity index (χ0v) is 13.7. The lowest BCUT2D eigenvalue weighted by Gasteiger charge is -2.36. The number of para-hydroxylation sites is 1. The summed E-state index contributed by atoms with van der Waals surface area (Å²) >= 11 is 0. The number of carbonyl (C=O) groups excluding carboxylic acids is 2. The minimum Gasteiger partial charge on any atom is -0.331 e. The Hall–Kier alpha value is -2.69. The molecule has 5 nitrogen and oxygen atoms in total. The predicted molar refractivity (Wildman–Crippen MR) is 92.6 cm³/mol. The van der Waals surface area contributed by atoms with Gasteiger partial charge in [0, 0.05) is 25.9 Å². The van der Waals surface area contributed by atoms with E-state index < -0.39 is 0 Å². The second-order valence-electron chi connectivity index (χ2n) is 6.02. The Balaban J connectivity index is 1.91. The summed E-state index contributed by atoms with van der Waals surface area (Å²) < 4.78 is 0. The first kappa shape index (κ1) is 16.2. The average molecular weight is 323 g/mol. The van der Waals surface area contributed by atoms with E-state index in [4.69, 9.17) is 0 Å². The van der Waals surface area contributed by atoms with Gasteiger partial charge < -0.3 is 10.2 Å². The minimum absolute atomic E-state index is 0.0327. The number of carbonyl (C=O) groups is 2. The Morgan fingerprint density at radius 1 is 1.17 bits per heavy atom. The SMILES string of the molecule is CC(=O)Nc1ccccc1C(=O)N1CCCC[C@@H]1c1cccnc1. The number of hydrogen-bond acceptors (Lipinski definition) is 3. The highest BCUT2D eigenvalue weighted by Gasteiger charge is 2.29. The molecule has 0 bridgehead atoms. The minimum atomic E-state index is -0.183. The number of aromatic nitrogens is 1. The number of benzene rings is 1. The first-order chi connectivity index (χ1) is 11.7. The first-order valence-corrected chi connectivity index (χ1v) is 8.24. The molecule has 1 N–H and O–H groups in total. The van der Waals surface area contributed by atoms with Crippen LogP contribution in [0.5, 0.6) is 0 Å². The van der Waals surface area contributed by atoms with Gasteiger partial charge in [0.15, 0.2) is 0 Å². The summed E-state index contributed by atoms with van der Waals surface area (Å²) in [4.78, 5) is 30.6. The Kier molecular flexibility index (Phi) is 4.89. The van der Waals surface area contributed by atoms with Gasteiger partial charge in [0.05, 0.1) is 17.3 Å². The number of piperidine rings is 1. The number of amides is 2. The summed E-state index contributed by atoms with van der Waals surface area (Å²) in [6.45, 7) is 2.16. The summed E-state index contributed by atoms with van der Waals surface area (Å²) in [6, 6.07) is 11.1. The van der Waals surface area contributed by atoms with Gasteiger partial charge in [-0.3, -0.25) is 14.6 Å². The molecule has 24 heavy (non-hydrogen) atoms. The lowest BCUT2D eigenvalue weighted by atomic mass is 9.95. The third-order valence-corrected chi connectivity index (χ3v) is 4.30. The van der Waals surface area contributed by atoms with Crippen LogP contribution in [0.15, 0.2) is 48.8 Å². The summed E-state index contributed by atoms with van der Waals surface area (Å²) in [7, 11) is 0. The van der Waals surface area contributed by atoms with Crippen molar-refractivity contribution < 1.29 is 9.59 Å². The molecule has 2 aromatic rings. The van der Waals surface area contributed by atoms with Crippen molar-refractivity contribution in [2.24, 2.45) is 0 Å². The van der Waals surface area contributed by atoms with E-state index in [0.29, 0.717) is 17.8 Å². The summed E-state index contributed by atoms with van der Waals surface area (Å²) in [5, 5.41) is 2.75. The number of anilines is 1. The zero-order chi connectivity index (χ0) is 16.9. The molecule has 1 fully saturated rings. The maximum absolute atomic E-state index is 13.1. The van der Waals surface area contributed by atoms with Gasteiger partial charge in [-0.1, -0.05) is 18.2 Å². The molecule has 0 spiro atoms. The van der Waals surface area contributed by atoms with Crippen LogP contribution in [0.3, 0.4) is 0 Å². The molecule has 0 aliphatic carbocycles. The van der Waals surface area contributed by atoms with Crippen molar-refractivity contribution in [3.8, 4) is 0 Å². The number of likely N-dealkylation sites (tertiary alicyclic amines) is 1. The van der Waals surface area contributed by atoms with E-state index in [1.165, 1.54) is 6.92 Å². The van der Waals surface area contributed by atoms with Gasteiger partial charge in [-0.05, 0) is 43.0 Å². The van der Waals surface area contributed by atoms with Crippen molar-refractivity contribution in [2.75, 3.05) is 11.9 Å². The van der Waals surface area contributed by atoms with Crippen molar-refractivity contribution in [2.45, 2.75) is 32.2 Å². The maximum Gasteiger partial charge on any atom is 0.256 e. The normalized spacial score (nSPS) is 17.4. The molecule has 2 amide bonds. The van der Waals surface area contributed by atoms with Crippen LogP contribution >= 0.6 is 0 Å². The topological polar surface area (TPSA) is 62.3 Å². The fraction of sp³-hybridized carbons (Fsp3) is 0.316. The molecule has 2 heterocycles. The van der Waals surface area contributed by atoms with Crippen LogP contribution in [0.1, 0.15) is 48.1 Å². The van der Waals surface area contributed by atoms with Crippen LogP contribution in [0, 0.1) is 0 Å². The fourth-order valence-corrected chi connectivity index (χ4v) is 3.22. The molecule has 1 aliphatic rings. The Morgan fingerprint density at radius 3 is 2.75 bits per heavy atom. The molecule has 3 rings (SSSR count). The number of pyridine rings is 1. The van der Waals surface area contributed by atoms with Gasteiger partial charge in [-0.15, -0.1) is 0 Å². The van der Waals surface area contributed by atoms with Crippen molar-refractivity contribution in [1.82, 2.24) is 9.88 Å². The van der Waals surface area contributed by atoms with Crippen LogP contribution in [-0.2, 0) is 4.79 Å². The van der Waals surface area contributed by atoms with Crippen LogP contribution < -0.4 is 5.32 Å². The van der Waals surface area contributed by atoms with E-state index in [1.807, 2.05) is 35.4 Å². The predicted octanol–water partition coefficient (Wildman–Crippen LogP) is 3.41. The quantitative estimate of drug-likeness (QED) is 0.941. The molecule has 0 radical (unpaired) electrons. The standard InChI is InChI=1S/C19H21N3O2/c1-14(23)21-17-9-3-2-8-16(17)19(24)22-12-5-4-10-18(22)15-7-6-11-20-13-15/h2-3,6-9,11,13,18H,4-5,10,12H2,1H3,(H,21,23)/t18-/m1/s1. The van der Waals surface area contributed by atoms with Crippen molar-refractivity contribution in [1.29, 1.82) is 0 Å². The van der Waals surface area contributed by atoms with Crippen LogP contribution in [0.4, 0.5) is 5.69 Å². The highest BCUT2D eigenvalue weighted by atomic mass is 16.2. The molecule has 0 unspecified atom stereocenters. The molecular weight excluding hydrogens is 302 g/mol. The largest absolute Gasteiger partial charge is 0.331 e. The molecule has 1 aromatic carbocycles. The highest BCUT2D eigenvalue weighted by molar-refractivity contribution is 6.03. The third kappa shape index (κ3) is 3.45. The van der Waals surface area contributed by atoms with Gasteiger partial charge in [-0.25, -0.2) is 0 Å². The van der Waals surface area contributed by atoms with Gasteiger partial charge in [0.2, 0.25) is 5.91 Å². The van der Waals surface area contributed by atoms with E-state index in [1.54, 1.807) is 18.3 Å². The molecule has 1 atom stereocenters. The van der Waals surface area contributed by atoms with Crippen molar-refractivity contribution in [3.63, 3.8) is 0 Å². The molecular formula is C19H21N3O2. The van der Waals surface area contributed by atoms with E-state index in [2.05, 4.69) is 10.3 Å². The summed E-state index contributed by atoms with van der Waals surface area (Å²) in [6.07, 6.45) is 6.59. The fourth-order valence-electron chi connectivity index (χ4n) is 3.22. The Bertz CT molecular complexity index is 730. The summed E-state index contributed by atoms with van der Waals surface area (Å²) in [5.41, 5.74) is 2.15. The number of hydrogen-bond donors (Lipinski definition) is 1. The van der Waals surface area contributed by atoms with Gasteiger partial charge in [0.1, 0.15) is 0 Å². The third-order valence-electron chi connectivity index (χ3n) is 4.30. The van der Waals surface area contributed by atoms with Crippen LogP contribution in [0.2, 0.25) is 0 Å². The maximum atomic E-state index is 13.1.